The van der Waals surface area contributed by atoms with E-state index in [1.807, 2.05) is 11.9 Å². The number of ether oxygens (including phenoxy) is 1. The molecule has 86 valence electrons. The Morgan fingerprint density at radius 1 is 1.40 bits per heavy atom. The molecule has 2 fully saturated rings. The first kappa shape index (κ1) is 10.9. The number of carbonyl (C=O) groups is 1. The summed E-state index contributed by atoms with van der Waals surface area (Å²) in [5.74, 6) is -0.0719. The normalized spacial score (nSPS) is 33.5. The molecule has 0 amide bonds. The Bertz CT molecular complexity index is 239. The molecule has 0 spiro atoms. The third-order valence-electron chi connectivity index (χ3n) is 3.44. The van der Waals surface area contributed by atoms with Gasteiger partial charge in [0, 0.05) is 12.6 Å². The van der Waals surface area contributed by atoms with Crippen LogP contribution in [0, 0.1) is 0 Å². The van der Waals surface area contributed by atoms with Crippen molar-refractivity contribution >= 4 is 5.97 Å². The number of rotatable bonds is 2. The van der Waals surface area contributed by atoms with E-state index < -0.39 is 0 Å². The van der Waals surface area contributed by atoms with Crippen LogP contribution < -0.4 is 5.73 Å². The predicted octanol–water partition coefficient (Wildman–Crippen LogP) is 0.504. The zero-order valence-electron chi connectivity index (χ0n) is 9.32. The van der Waals surface area contributed by atoms with Gasteiger partial charge in [-0.05, 0) is 39.2 Å². The van der Waals surface area contributed by atoms with E-state index in [1.54, 1.807) is 0 Å². The second-order valence-corrected chi connectivity index (χ2v) is 4.79. The Labute approximate surface area is 90.8 Å². The van der Waals surface area contributed by atoms with Crippen molar-refractivity contribution in [1.29, 1.82) is 0 Å². The highest BCUT2D eigenvalue weighted by atomic mass is 16.5. The molecule has 15 heavy (non-hydrogen) atoms. The van der Waals surface area contributed by atoms with Gasteiger partial charge in [-0.25, -0.2) is 0 Å². The monoisotopic (exact) mass is 212 g/mol. The van der Waals surface area contributed by atoms with Crippen molar-refractivity contribution in [3.05, 3.63) is 0 Å². The number of nitrogens with zero attached hydrogens (tertiary/aromatic N) is 1. The van der Waals surface area contributed by atoms with Gasteiger partial charge in [0.15, 0.2) is 0 Å². The molecule has 1 saturated carbocycles. The Balaban J connectivity index is 1.84. The molecule has 0 aromatic heterocycles. The SMILES string of the molecule is CN1C[C@@H](N)C[C@H]1C(=O)OC1CCCC1. The highest BCUT2D eigenvalue weighted by molar-refractivity contribution is 5.76. The molecule has 2 N–H and O–H groups in total. The number of hydrogen-bond acceptors (Lipinski definition) is 4. The maximum absolute atomic E-state index is 11.8. The van der Waals surface area contributed by atoms with Crippen LogP contribution in [-0.2, 0) is 9.53 Å². The summed E-state index contributed by atoms with van der Waals surface area (Å²) in [6.07, 6.45) is 5.36. The molecule has 0 unspecified atom stereocenters. The summed E-state index contributed by atoms with van der Waals surface area (Å²) in [4.78, 5) is 13.8. The van der Waals surface area contributed by atoms with E-state index >= 15 is 0 Å². The van der Waals surface area contributed by atoms with E-state index in [9.17, 15) is 4.79 Å². The third-order valence-corrected chi connectivity index (χ3v) is 3.44. The molecule has 0 aromatic carbocycles. The highest BCUT2D eigenvalue weighted by Gasteiger charge is 2.35. The van der Waals surface area contributed by atoms with Gasteiger partial charge >= 0.3 is 5.97 Å². The summed E-state index contributed by atoms with van der Waals surface area (Å²) >= 11 is 0. The van der Waals surface area contributed by atoms with Gasteiger partial charge in [-0.15, -0.1) is 0 Å². The van der Waals surface area contributed by atoms with Crippen LogP contribution in [0.5, 0.6) is 0 Å². The van der Waals surface area contributed by atoms with Crippen molar-refractivity contribution in [3.63, 3.8) is 0 Å². The maximum atomic E-state index is 11.8. The van der Waals surface area contributed by atoms with Crippen molar-refractivity contribution in [3.8, 4) is 0 Å². The molecule has 1 saturated heterocycles. The predicted molar refractivity (Wildman–Crippen MR) is 57.4 cm³/mol. The van der Waals surface area contributed by atoms with E-state index in [4.69, 9.17) is 10.5 Å². The van der Waals surface area contributed by atoms with Crippen LogP contribution in [0.1, 0.15) is 32.1 Å². The second-order valence-electron chi connectivity index (χ2n) is 4.79. The van der Waals surface area contributed by atoms with Gasteiger partial charge in [0.05, 0.1) is 0 Å². The molecule has 0 aromatic rings. The van der Waals surface area contributed by atoms with Crippen molar-refractivity contribution in [2.45, 2.75) is 50.3 Å². The first-order valence-electron chi connectivity index (χ1n) is 5.83. The minimum absolute atomic E-state index is 0.0719. The fourth-order valence-corrected chi connectivity index (χ4v) is 2.56. The van der Waals surface area contributed by atoms with Crippen molar-refractivity contribution in [1.82, 2.24) is 4.90 Å². The van der Waals surface area contributed by atoms with E-state index in [0.717, 1.165) is 25.8 Å². The molecular formula is C11H20N2O2. The number of likely N-dealkylation sites (N-methyl/N-ethyl adjacent to an activating group) is 1. The average Bonchev–Trinajstić information content (AvgIpc) is 2.75. The van der Waals surface area contributed by atoms with Crippen LogP contribution in [0.2, 0.25) is 0 Å². The lowest BCUT2D eigenvalue weighted by Gasteiger charge is -2.20. The first-order valence-corrected chi connectivity index (χ1v) is 5.83. The fourth-order valence-electron chi connectivity index (χ4n) is 2.56. The quantitative estimate of drug-likeness (QED) is 0.677. The molecule has 1 aliphatic heterocycles. The Kier molecular flexibility index (Phi) is 3.26. The Morgan fingerprint density at radius 3 is 2.60 bits per heavy atom. The number of hydrogen-bond donors (Lipinski definition) is 1. The molecule has 0 bridgehead atoms. The topological polar surface area (TPSA) is 55.6 Å². The number of esters is 1. The highest BCUT2D eigenvalue weighted by Crippen LogP contribution is 2.23. The van der Waals surface area contributed by atoms with E-state index in [0.29, 0.717) is 0 Å². The molecule has 2 aliphatic rings. The molecule has 4 nitrogen and oxygen atoms in total. The van der Waals surface area contributed by atoms with Crippen molar-refractivity contribution < 1.29 is 9.53 Å². The van der Waals surface area contributed by atoms with Gasteiger partial charge in [-0.1, -0.05) is 0 Å². The molecule has 4 heteroatoms. The molecule has 1 aliphatic carbocycles. The van der Waals surface area contributed by atoms with Crippen LogP contribution in [0.4, 0.5) is 0 Å². The van der Waals surface area contributed by atoms with Gasteiger partial charge in [0.2, 0.25) is 0 Å². The van der Waals surface area contributed by atoms with Crippen LogP contribution in [0.3, 0.4) is 0 Å². The average molecular weight is 212 g/mol. The Morgan fingerprint density at radius 2 is 2.07 bits per heavy atom. The minimum atomic E-state index is -0.111. The lowest BCUT2D eigenvalue weighted by Crippen LogP contribution is -2.36. The van der Waals surface area contributed by atoms with Crippen LogP contribution in [-0.4, -0.2) is 42.6 Å². The lowest BCUT2D eigenvalue weighted by atomic mass is 10.2. The van der Waals surface area contributed by atoms with Gasteiger partial charge < -0.3 is 10.5 Å². The number of carbonyl (C=O) groups excluding carboxylic acids is 1. The standard InChI is InChI=1S/C11H20N2O2/c1-13-7-8(12)6-10(13)11(14)15-9-4-2-3-5-9/h8-10H,2-7,12H2,1H3/t8-,10-/m0/s1. The summed E-state index contributed by atoms with van der Waals surface area (Å²) in [5.41, 5.74) is 5.81. The fraction of sp³-hybridized carbons (Fsp3) is 0.909. The van der Waals surface area contributed by atoms with Crippen LogP contribution in [0.25, 0.3) is 0 Å². The largest absolute Gasteiger partial charge is 0.461 e. The van der Waals surface area contributed by atoms with Crippen molar-refractivity contribution in [2.24, 2.45) is 5.73 Å². The van der Waals surface area contributed by atoms with Gasteiger partial charge in [0.1, 0.15) is 12.1 Å². The molecular weight excluding hydrogens is 192 g/mol. The lowest BCUT2D eigenvalue weighted by molar-refractivity contribution is -0.153. The van der Waals surface area contributed by atoms with E-state index in [1.165, 1.54) is 12.8 Å². The number of nitrogens with two attached hydrogens (primary N) is 1. The third kappa shape index (κ3) is 2.49. The summed E-state index contributed by atoms with van der Waals surface area (Å²) in [6.45, 7) is 0.796. The van der Waals surface area contributed by atoms with E-state index in [-0.39, 0.29) is 24.2 Å². The Hall–Kier alpha value is -0.610. The summed E-state index contributed by atoms with van der Waals surface area (Å²) in [5, 5.41) is 0. The van der Waals surface area contributed by atoms with Gasteiger partial charge in [0.25, 0.3) is 0 Å². The molecule has 1 heterocycles. The minimum Gasteiger partial charge on any atom is -0.461 e. The summed E-state index contributed by atoms with van der Waals surface area (Å²) in [6, 6.07) is 0.0109. The van der Waals surface area contributed by atoms with Crippen LogP contribution in [0.15, 0.2) is 0 Å². The zero-order chi connectivity index (χ0) is 10.8. The zero-order valence-corrected chi connectivity index (χ0v) is 9.32. The second kappa shape index (κ2) is 4.49. The number of likely N-dealkylation sites (tertiary alicyclic amines) is 1. The van der Waals surface area contributed by atoms with Crippen molar-refractivity contribution in [2.75, 3.05) is 13.6 Å². The first-order chi connectivity index (χ1) is 7.16. The summed E-state index contributed by atoms with van der Waals surface area (Å²) in [7, 11) is 1.94. The van der Waals surface area contributed by atoms with Gasteiger partial charge in [-0.2, -0.15) is 0 Å². The summed E-state index contributed by atoms with van der Waals surface area (Å²) < 4.78 is 5.48. The smallest absolute Gasteiger partial charge is 0.323 e. The van der Waals surface area contributed by atoms with Gasteiger partial charge in [-0.3, -0.25) is 9.69 Å². The molecule has 2 rings (SSSR count). The van der Waals surface area contributed by atoms with E-state index in [2.05, 4.69) is 0 Å². The maximum Gasteiger partial charge on any atom is 0.323 e. The molecule has 0 radical (unpaired) electrons. The van der Waals surface area contributed by atoms with Crippen LogP contribution >= 0.6 is 0 Å². The molecule has 2 atom stereocenters.